The number of sulfone groups is 1. The molecule has 1 aliphatic rings. The zero-order valence-electron chi connectivity index (χ0n) is 12.4. The Bertz CT molecular complexity index is 632. The molecule has 1 aromatic heterocycles. The smallest absolute Gasteiger partial charge is 0.326 e. The molecular formula is C14H20N2O4S. The van der Waals surface area contributed by atoms with Crippen molar-refractivity contribution in [2.75, 3.05) is 11.4 Å². The van der Waals surface area contributed by atoms with E-state index in [4.69, 9.17) is 0 Å². The van der Waals surface area contributed by atoms with Gasteiger partial charge in [-0.05, 0) is 45.7 Å². The minimum atomic E-state index is -3.49. The third-order valence-electron chi connectivity index (χ3n) is 3.67. The van der Waals surface area contributed by atoms with Crippen LogP contribution in [-0.2, 0) is 14.6 Å². The number of aromatic nitrogens is 1. The quantitative estimate of drug-likeness (QED) is 0.914. The average Bonchev–Trinajstić information content (AvgIpc) is 2.86. The first-order valence-electron chi connectivity index (χ1n) is 6.85. The van der Waals surface area contributed by atoms with Gasteiger partial charge in [0.1, 0.15) is 6.04 Å². The molecule has 0 bridgehead atoms. The largest absolute Gasteiger partial charge is 0.480 e. The van der Waals surface area contributed by atoms with Crippen LogP contribution in [0.4, 0.5) is 5.69 Å². The Morgan fingerprint density at radius 3 is 2.52 bits per heavy atom. The molecule has 21 heavy (non-hydrogen) atoms. The van der Waals surface area contributed by atoms with Crippen LogP contribution in [0.2, 0.25) is 0 Å². The highest BCUT2D eigenvalue weighted by molar-refractivity contribution is 7.92. The molecule has 0 amide bonds. The van der Waals surface area contributed by atoms with Gasteiger partial charge in [-0.1, -0.05) is 0 Å². The van der Waals surface area contributed by atoms with Crippen LogP contribution in [0, 0.1) is 0 Å². The van der Waals surface area contributed by atoms with Gasteiger partial charge in [0.2, 0.25) is 0 Å². The summed E-state index contributed by atoms with van der Waals surface area (Å²) in [5, 5.41) is 9.20. The van der Waals surface area contributed by atoms with E-state index in [2.05, 4.69) is 4.98 Å². The number of hydrogen-bond donors (Lipinski definition) is 1. The summed E-state index contributed by atoms with van der Waals surface area (Å²) >= 11 is 0. The van der Waals surface area contributed by atoms with Crippen LogP contribution in [0.15, 0.2) is 23.4 Å². The van der Waals surface area contributed by atoms with Crippen LogP contribution in [-0.4, -0.2) is 41.8 Å². The lowest BCUT2D eigenvalue weighted by atomic mass is 10.2. The first-order valence-corrected chi connectivity index (χ1v) is 8.33. The number of hydrogen-bond acceptors (Lipinski definition) is 5. The van der Waals surface area contributed by atoms with Gasteiger partial charge in [-0.2, -0.15) is 0 Å². The zero-order valence-corrected chi connectivity index (χ0v) is 13.2. The SMILES string of the molecule is CC(C)(C)S(=O)(=O)c1ccc(N2CCC[C@H]2C(=O)O)cn1. The molecule has 1 fully saturated rings. The monoisotopic (exact) mass is 312 g/mol. The molecule has 0 spiro atoms. The Hall–Kier alpha value is -1.63. The lowest BCUT2D eigenvalue weighted by Gasteiger charge is -2.24. The summed E-state index contributed by atoms with van der Waals surface area (Å²) in [6.07, 6.45) is 2.84. The first kappa shape index (κ1) is 15.8. The number of carboxylic acids is 1. The van der Waals surface area contributed by atoms with E-state index in [1.54, 1.807) is 31.7 Å². The second-order valence-electron chi connectivity index (χ2n) is 6.16. The fourth-order valence-corrected chi connectivity index (χ4v) is 3.41. The fourth-order valence-electron chi connectivity index (χ4n) is 2.35. The molecule has 1 saturated heterocycles. The summed E-state index contributed by atoms with van der Waals surface area (Å²) in [6.45, 7) is 5.51. The van der Waals surface area contributed by atoms with Crippen molar-refractivity contribution in [2.45, 2.75) is 49.4 Å². The summed E-state index contributed by atoms with van der Waals surface area (Å²) in [5.74, 6) is -0.862. The van der Waals surface area contributed by atoms with Crippen molar-refractivity contribution in [3.63, 3.8) is 0 Å². The highest BCUT2D eigenvalue weighted by Gasteiger charge is 2.33. The maximum atomic E-state index is 12.3. The van der Waals surface area contributed by atoms with Crippen molar-refractivity contribution < 1.29 is 18.3 Å². The Morgan fingerprint density at radius 2 is 2.05 bits per heavy atom. The molecule has 0 aromatic carbocycles. The van der Waals surface area contributed by atoms with E-state index < -0.39 is 26.6 Å². The second-order valence-corrected chi connectivity index (χ2v) is 8.81. The number of rotatable bonds is 3. The molecule has 1 atom stereocenters. The van der Waals surface area contributed by atoms with E-state index in [-0.39, 0.29) is 5.03 Å². The van der Waals surface area contributed by atoms with Crippen LogP contribution in [0.1, 0.15) is 33.6 Å². The minimum absolute atomic E-state index is 0.0184. The third kappa shape index (κ3) is 2.88. The lowest BCUT2D eigenvalue weighted by molar-refractivity contribution is -0.138. The van der Waals surface area contributed by atoms with Crippen molar-refractivity contribution in [3.05, 3.63) is 18.3 Å². The van der Waals surface area contributed by atoms with Gasteiger partial charge in [0.05, 0.1) is 16.6 Å². The Labute approximate surface area is 124 Å². The molecule has 1 N–H and O–H groups in total. The van der Waals surface area contributed by atoms with Crippen molar-refractivity contribution in [1.82, 2.24) is 4.98 Å². The number of nitrogens with zero attached hydrogens (tertiary/aromatic N) is 2. The molecule has 116 valence electrons. The molecule has 2 heterocycles. The number of pyridine rings is 1. The molecular weight excluding hydrogens is 292 g/mol. The van der Waals surface area contributed by atoms with Gasteiger partial charge < -0.3 is 10.0 Å². The van der Waals surface area contributed by atoms with Gasteiger partial charge in [-0.15, -0.1) is 0 Å². The summed E-state index contributed by atoms with van der Waals surface area (Å²) in [5.41, 5.74) is 0.646. The molecule has 0 radical (unpaired) electrons. The summed E-state index contributed by atoms with van der Waals surface area (Å²) in [7, 11) is -3.49. The summed E-state index contributed by atoms with van der Waals surface area (Å²) in [4.78, 5) is 17.0. The predicted molar refractivity (Wildman–Crippen MR) is 79.2 cm³/mol. The maximum absolute atomic E-state index is 12.3. The zero-order chi connectivity index (χ0) is 15.8. The molecule has 6 nitrogen and oxygen atoms in total. The summed E-state index contributed by atoms with van der Waals surface area (Å²) < 4.78 is 23.7. The average molecular weight is 312 g/mol. The minimum Gasteiger partial charge on any atom is -0.480 e. The number of anilines is 1. The van der Waals surface area contributed by atoms with Crippen molar-refractivity contribution in [2.24, 2.45) is 0 Å². The topological polar surface area (TPSA) is 87.6 Å². The molecule has 0 unspecified atom stereocenters. The Balaban J connectivity index is 2.30. The van der Waals surface area contributed by atoms with Crippen LogP contribution in [0.5, 0.6) is 0 Å². The van der Waals surface area contributed by atoms with Crippen molar-refractivity contribution >= 4 is 21.5 Å². The molecule has 7 heteroatoms. The second kappa shape index (κ2) is 5.29. The standard InChI is InChI=1S/C14H20N2O4S/c1-14(2,3)21(19,20)12-7-6-10(9-15-12)16-8-4-5-11(16)13(17)18/h6-7,9,11H,4-5,8H2,1-3H3,(H,17,18)/t11-/m0/s1. The molecule has 1 aliphatic heterocycles. The van der Waals surface area contributed by atoms with Crippen LogP contribution in [0.3, 0.4) is 0 Å². The van der Waals surface area contributed by atoms with E-state index in [0.29, 0.717) is 18.7 Å². The highest BCUT2D eigenvalue weighted by atomic mass is 32.2. The van der Waals surface area contributed by atoms with Gasteiger partial charge in [-0.3, -0.25) is 0 Å². The molecule has 0 aliphatic carbocycles. The number of aliphatic carboxylic acids is 1. The van der Waals surface area contributed by atoms with Gasteiger partial charge in [0.25, 0.3) is 0 Å². The molecule has 2 rings (SSSR count). The maximum Gasteiger partial charge on any atom is 0.326 e. The fraction of sp³-hybridized carbons (Fsp3) is 0.571. The number of carboxylic acid groups (broad SMARTS) is 1. The highest BCUT2D eigenvalue weighted by Crippen LogP contribution is 2.28. The van der Waals surface area contributed by atoms with E-state index in [0.717, 1.165) is 6.42 Å². The van der Waals surface area contributed by atoms with Crippen LogP contribution >= 0.6 is 0 Å². The molecule has 1 aromatic rings. The van der Waals surface area contributed by atoms with E-state index in [1.165, 1.54) is 12.3 Å². The van der Waals surface area contributed by atoms with E-state index in [9.17, 15) is 18.3 Å². The molecule has 0 saturated carbocycles. The van der Waals surface area contributed by atoms with Gasteiger partial charge in [0.15, 0.2) is 14.9 Å². The van der Waals surface area contributed by atoms with Gasteiger partial charge in [-0.25, -0.2) is 18.2 Å². The van der Waals surface area contributed by atoms with Crippen LogP contribution < -0.4 is 4.90 Å². The third-order valence-corrected chi connectivity index (χ3v) is 6.08. The number of carbonyl (C=O) groups is 1. The van der Waals surface area contributed by atoms with E-state index in [1.807, 2.05) is 0 Å². The normalized spacial score (nSPS) is 19.8. The van der Waals surface area contributed by atoms with Crippen molar-refractivity contribution in [1.29, 1.82) is 0 Å². The van der Waals surface area contributed by atoms with Crippen molar-refractivity contribution in [3.8, 4) is 0 Å². The van der Waals surface area contributed by atoms with E-state index >= 15 is 0 Å². The van der Waals surface area contributed by atoms with Gasteiger partial charge >= 0.3 is 5.97 Å². The van der Waals surface area contributed by atoms with Gasteiger partial charge in [0, 0.05) is 6.54 Å². The first-order chi connectivity index (χ1) is 9.64. The lowest BCUT2D eigenvalue weighted by Crippen LogP contribution is -2.36. The Morgan fingerprint density at radius 1 is 1.38 bits per heavy atom. The summed E-state index contributed by atoms with van der Waals surface area (Å²) in [6, 6.07) is 2.52. The van der Waals surface area contributed by atoms with Crippen LogP contribution in [0.25, 0.3) is 0 Å². The predicted octanol–water partition coefficient (Wildman–Crippen LogP) is 1.71. The Kier molecular flexibility index (Phi) is 3.97.